The molecule has 1 aromatic heterocycles. The molecule has 4 aromatic rings. The highest BCUT2D eigenvalue weighted by molar-refractivity contribution is 6.05. The third kappa shape index (κ3) is 2.76. The zero-order chi connectivity index (χ0) is 16.4. The molecule has 1 N–H and O–H groups in total. The summed E-state index contributed by atoms with van der Waals surface area (Å²) in [4.78, 5) is 4.37. The third-order valence-corrected chi connectivity index (χ3v) is 4.03. The highest BCUT2D eigenvalue weighted by Crippen LogP contribution is 2.34. The number of aromatic nitrogens is 1. The van der Waals surface area contributed by atoms with E-state index in [1.54, 1.807) is 6.20 Å². The van der Waals surface area contributed by atoms with Crippen LogP contribution in [0, 0.1) is 0 Å². The van der Waals surface area contributed by atoms with Gasteiger partial charge in [0.05, 0.1) is 12.3 Å². The van der Waals surface area contributed by atoms with Gasteiger partial charge in [0, 0.05) is 17.6 Å². The molecule has 1 heterocycles. The number of nitrogens with zero attached hydrogens (tertiary/aromatic N) is 1. The third-order valence-electron chi connectivity index (χ3n) is 4.03. The van der Waals surface area contributed by atoms with Crippen molar-refractivity contribution in [1.29, 1.82) is 0 Å². The van der Waals surface area contributed by atoms with Crippen molar-refractivity contribution < 1.29 is 4.74 Å². The molecule has 0 saturated carbocycles. The summed E-state index contributed by atoms with van der Waals surface area (Å²) in [7, 11) is 0. The fraction of sp³-hybridized carbons (Fsp3) is 0.0952. The lowest BCUT2D eigenvalue weighted by Gasteiger charge is -2.13. The lowest BCUT2D eigenvalue weighted by molar-refractivity contribution is 0.341. The lowest BCUT2D eigenvalue weighted by Crippen LogP contribution is -1.97. The molecule has 0 unspecified atom stereocenters. The molecule has 0 aliphatic heterocycles. The van der Waals surface area contributed by atoms with E-state index in [2.05, 4.69) is 52.8 Å². The van der Waals surface area contributed by atoms with E-state index in [0.29, 0.717) is 6.61 Å². The molecule has 0 amide bonds. The summed E-state index contributed by atoms with van der Waals surface area (Å²) >= 11 is 0. The van der Waals surface area contributed by atoms with Gasteiger partial charge in [-0.15, -0.1) is 0 Å². The molecule has 3 nitrogen and oxygen atoms in total. The Bertz CT molecular complexity index is 996. The summed E-state index contributed by atoms with van der Waals surface area (Å²) in [5.74, 6) is 1.68. The standard InChI is InChI=1S/C21H18N2O/c1-2-24-18-12-17-11-15-7-3-4-8-16(15)13-19(17)20(14-18)23-21-9-5-6-10-22-21/h3-14H,2H2,1H3,(H,22,23). The van der Waals surface area contributed by atoms with E-state index in [0.717, 1.165) is 28.0 Å². The van der Waals surface area contributed by atoms with Crippen LogP contribution in [0.5, 0.6) is 5.75 Å². The van der Waals surface area contributed by atoms with Gasteiger partial charge in [-0.1, -0.05) is 30.3 Å². The van der Waals surface area contributed by atoms with Gasteiger partial charge >= 0.3 is 0 Å². The number of hydrogen-bond donors (Lipinski definition) is 1. The van der Waals surface area contributed by atoms with Crippen molar-refractivity contribution in [3.05, 3.63) is 72.9 Å². The maximum Gasteiger partial charge on any atom is 0.130 e. The number of nitrogens with one attached hydrogen (secondary N) is 1. The fourth-order valence-electron chi connectivity index (χ4n) is 2.95. The Morgan fingerprint density at radius 2 is 1.67 bits per heavy atom. The molecule has 118 valence electrons. The minimum absolute atomic E-state index is 0.641. The average Bonchev–Trinajstić information content (AvgIpc) is 2.61. The molecule has 0 aliphatic rings. The smallest absolute Gasteiger partial charge is 0.130 e. The highest BCUT2D eigenvalue weighted by atomic mass is 16.5. The molecule has 24 heavy (non-hydrogen) atoms. The van der Waals surface area contributed by atoms with Crippen LogP contribution in [-0.2, 0) is 0 Å². The quantitative estimate of drug-likeness (QED) is 0.503. The monoisotopic (exact) mass is 314 g/mol. The van der Waals surface area contributed by atoms with Crippen molar-refractivity contribution in [3.8, 4) is 5.75 Å². The van der Waals surface area contributed by atoms with Crippen LogP contribution in [0.4, 0.5) is 11.5 Å². The first-order valence-corrected chi connectivity index (χ1v) is 8.11. The van der Waals surface area contributed by atoms with E-state index in [-0.39, 0.29) is 0 Å². The highest BCUT2D eigenvalue weighted by Gasteiger charge is 2.08. The molecule has 0 fully saturated rings. The van der Waals surface area contributed by atoms with Crippen molar-refractivity contribution in [2.24, 2.45) is 0 Å². The van der Waals surface area contributed by atoms with E-state index >= 15 is 0 Å². The topological polar surface area (TPSA) is 34.1 Å². The van der Waals surface area contributed by atoms with Crippen LogP contribution in [0.25, 0.3) is 21.5 Å². The Morgan fingerprint density at radius 3 is 2.42 bits per heavy atom. The molecule has 0 spiro atoms. The minimum Gasteiger partial charge on any atom is -0.494 e. The summed E-state index contributed by atoms with van der Waals surface area (Å²) < 4.78 is 5.74. The summed E-state index contributed by atoms with van der Waals surface area (Å²) in [6.45, 7) is 2.64. The number of rotatable bonds is 4. The second kappa shape index (κ2) is 6.20. The van der Waals surface area contributed by atoms with Crippen molar-refractivity contribution in [2.45, 2.75) is 6.92 Å². The van der Waals surface area contributed by atoms with Gasteiger partial charge in [-0.05, 0) is 53.4 Å². The van der Waals surface area contributed by atoms with Crippen LogP contribution in [0.2, 0.25) is 0 Å². The predicted molar refractivity (Wildman–Crippen MR) is 100 cm³/mol. The maximum absolute atomic E-state index is 5.74. The first kappa shape index (κ1) is 14.5. The number of pyridine rings is 1. The average molecular weight is 314 g/mol. The number of hydrogen-bond acceptors (Lipinski definition) is 3. The molecule has 4 rings (SSSR count). The predicted octanol–water partition coefficient (Wildman–Crippen LogP) is 5.53. The van der Waals surface area contributed by atoms with Gasteiger partial charge in [0.15, 0.2) is 0 Å². The molecule has 3 heteroatoms. The molecule has 0 atom stereocenters. The molecule has 0 aliphatic carbocycles. The van der Waals surface area contributed by atoms with E-state index < -0.39 is 0 Å². The SMILES string of the molecule is CCOc1cc(Nc2ccccn2)c2cc3ccccc3cc2c1. The fourth-order valence-corrected chi connectivity index (χ4v) is 2.95. The van der Waals surface area contributed by atoms with Crippen LogP contribution in [0.15, 0.2) is 72.9 Å². The Labute approximate surface area is 140 Å². The molecule has 0 saturated heterocycles. The second-order valence-electron chi connectivity index (χ2n) is 5.66. The van der Waals surface area contributed by atoms with Gasteiger partial charge in [-0.2, -0.15) is 0 Å². The molecule has 3 aromatic carbocycles. The number of benzene rings is 3. The number of fused-ring (bicyclic) bond motifs is 2. The van der Waals surface area contributed by atoms with Gasteiger partial charge < -0.3 is 10.1 Å². The van der Waals surface area contributed by atoms with Crippen LogP contribution in [0.3, 0.4) is 0 Å². The van der Waals surface area contributed by atoms with Crippen LogP contribution >= 0.6 is 0 Å². The van der Waals surface area contributed by atoms with Crippen molar-refractivity contribution in [3.63, 3.8) is 0 Å². The summed E-state index contributed by atoms with van der Waals surface area (Å²) in [6.07, 6.45) is 1.78. The van der Waals surface area contributed by atoms with E-state index in [4.69, 9.17) is 4.74 Å². The van der Waals surface area contributed by atoms with E-state index in [1.165, 1.54) is 10.8 Å². The molecular formula is C21H18N2O. The second-order valence-corrected chi connectivity index (χ2v) is 5.66. The van der Waals surface area contributed by atoms with Crippen molar-refractivity contribution >= 4 is 33.1 Å². The first-order valence-electron chi connectivity index (χ1n) is 8.11. The summed E-state index contributed by atoms with van der Waals surface area (Å²) in [5.41, 5.74) is 1.00. The number of anilines is 2. The van der Waals surface area contributed by atoms with Crippen LogP contribution < -0.4 is 10.1 Å². The number of ether oxygens (including phenoxy) is 1. The zero-order valence-corrected chi connectivity index (χ0v) is 13.5. The van der Waals surface area contributed by atoms with Gasteiger partial charge in [0.2, 0.25) is 0 Å². The Kier molecular flexibility index (Phi) is 3.75. The van der Waals surface area contributed by atoms with Gasteiger partial charge in [-0.25, -0.2) is 4.98 Å². The van der Waals surface area contributed by atoms with Crippen molar-refractivity contribution in [2.75, 3.05) is 11.9 Å². The van der Waals surface area contributed by atoms with Crippen molar-refractivity contribution in [1.82, 2.24) is 4.98 Å². The van der Waals surface area contributed by atoms with Gasteiger partial charge in [-0.3, -0.25) is 0 Å². The summed E-state index contributed by atoms with van der Waals surface area (Å²) in [5, 5.41) is 8.17. The zero-order valence-electron chi connectivity index (χ0n) is 13.5. The van der Waals surface area contributed by atoms with E-state index in [1.807, 2.05) is 31.2 Å². The Morgan fingerprint density at radius 1 is 0.875 bits per heavy atom. The van der Waals surface area contributed by atoms with Gasteiger partial charge in [0.1, 0.15) is 11.6 Å². The largest absolute Gasteiger partial charge is 0.494 e. The Hall–Kier alpha value is -3.07. The first-order chi connectivity index (χ1) is 11.8. The molecule has 0 bridgehead atoms. The minimum atomic E-state index is 0.641. The molecular weight excluding hydrogens is 296 g/mol. The lowest BCUT2D eigenvalue weighted by atomic mass is 10.0. The van der Waals surface area contributed by atoms with Crippen LogP contribution in [0.1, 0.15) is 6.92 Å². The van der Waals surface area contributed by atoms with Crippen LogP contribution in [-0.4, -0.2) is 11.6 Å². The normalized spacial score (nSPS) is 10.9. The maximum atomic E-state index is 5.74. The summed E-state index contributed by atoms with van der Waals surface area (Å²) in [6, 6.07) is 22.8. The van der Waals surface area contributed by atoms with Gasteiger partial charge in [0.25, 0.3) is 0 Å². The molecule has 0 radical (unpaired) electrons. The Balaban J connectivity index is 1.92. The van der Waals surface area contributed by atoms with E-state index in [9.17, 15) is 0 Å².